The molecule has 2 rings (SSSR count). The van der Waals surface area contributed by atoms with Crippen molar-refractivity contribution in [3.8, 4) is 6.07 Å². The minimum absolute atomic E-state index is 0.292. The van der Waals surface area contributed by atoms with Crippen LogP contribution < -0.4 is 9.62 Å². The number of carbonyl (C=O) groups excluding carboxylic acids is 1. The highest BCUT2D eigenvalue weighted by atomic mass is 32.2. The largest absolute Gasteiger partial charge is 0.324 e. The van der Waals surface area contributed by atoms with Crippen molar-refractivity contribution in [2.24, 2.45) is 0 Å². The lowest BCUT2D eigenvalue weighted by Gasteiger charge is -2.30. The molecule has 0 aliphatic rings. The van der Waals surface area contributed by atoms with Gasteiger partial charge in [-0.15, -0.1) is 0 Å². The second-order valence-electron chi connectivity index (χ2n) is 6.77. The van der Waals surface area contributed by atoms with Gasteiger partial charge in [0.2, 0.25) is 15.9 Å². The summed E-state index contributed by atoms with van der Waals surface area (Å²) < 4.78 is 26.2. The predicted octanol–water partition coefficient (Wildman–Crippen LogP) is 3.55. The summed E-state index contributed by atoms with van der Waals surface area (Å²) in [7, 11) is -3.67. The molecule has 0 saturated carbocycles. The Morgan fingerprint density at radius 3 is 2.29 bits per heavy atom. The van der Waals surface area contributed by atoms with Crippen LogP contribution in [0.2, 0.25) is 0 Å². The first-order chi connectivity index (χ1) is 13.2. The Morgan fingerprint density at radius 2 is 1.79 bits per heavy atom. The lowest BCUT2D eigenvalue weighted by molar-refractivity contribution is -0.117. The summed E-state index contributed by atoms with van der Waals surface area (Å²) in [6, 6.07) is 13.5. The maximum Gasteiger partial charge on any atom is 0.248 e. The summed E-state index contributed by atoms with van der Waals surface area (Å²) >= 11 is 0. The Bertz CT molecular complexity index is 993. The first-order valence-electron chi connectivity index (χ1n) is 9.00. The Labute approximate surface area is 166 Å². The molecule has 0 aromatic heterocycles. The normalized spacial score (nSPS) is 12.1. The molecule has 0 heterocycles. The van der Waals surface area contributed by atoms with Crippen LogP contribution in [0.1, 0.15) is 30.0 Å². The molecule has 28 heavy (non-hydrogen) atoms. The van der Waals surface area contributed by atoms with Gasteiger partial charge in [-0.05, 0) is 61.2 Å². The van der Waals surface area contributed by atoms with Crippen molar-refractivity contribution in [3.05, 3.63) is 59.2 Å². The Balaban J connectivity index is 2.33. The molecular formula is C21H25N3O3S. The van der Waals surface area contributed by atoms with Crippen LogP contribution in [0.15, 0.2) is 42.5 Å². The van der Waals surface area contributed by atoms with Crippen LogP contribution in [0, 0.1) is 25.2 Å². The van der Waals surface area contributed by atoms with Gasteiger partial charge in [0.15, 0.2) is 0 Å². The molecule has 1 amide bonds. The lowest BCUT2D eigenvalue weighted by atomic mass is 10.1. The zero-order valence-corrected chi connectivity index (χ0v) is 17.4. The minimum Gasteiger partial charge on any atom is -0.324 e. The third-order valence-electron chi connectivity index (χ3n) is 4.58. The second kappa shape index (κ2) is 8.89. The highest BCUT2D eigenvalue weighted by molar-refractivity contribution is 7.92. The van der Waals surface area contributed by atoms with E-state index in [1.807, 2.05) is 19.9 Å². The molecule has 6 nitrogen and oxygen atoms in total. The molecule has 148 valence electrons. The molecule has 2 aromatic rings. The molecule has 0 bridgehead atoms. The Hall–Kier alpha value is -2.85. The van der Waals surface area contributed by atoms with Crippen LogP contribution in [0.4, 0.5) is 11.4 Å². The number of hydrogen-bond donors (Lipinski definition) is 1. The fourth-order valence-electron chi connectivity index (χ4n) is 2.95. The number of nitrogens with zero attached hydrogens (tertiary/aromatic N) is 2. The quantitative estimate of drug-likeness (QED) is 0.771. The number of anilines is 2. The van der Waals surface area contributed by atoms with E-state index in [2.05, 4.69) is 11.4 Å². The highest BCUT2D eigenvalue weighted by Gasteiger charge is 2.31. The van der Waals surface area contributed by atoms with E-state index in [1.165, 1.54) is 4.31 Å². The van der Waals surface area contributed by atoms with Crippen molar-refractivity contribution in [1.82, 2.24) is 0 Å². The zero-order chi connectivity index (χ0) is 20.9. The van der Waals surface area contributed by atoms with E-state index in [9.17, 15) is 13.2 Å². The second-order valence-corrected chi connectivity index (χ2v) is 8.63. The summed E-state index contributed by atoms with van der Waals surface area (Å²) in [5, 5.41) is 11.5. The van der Waals surface area contributed by atoms with Crippen LogP contribution in [0.3, 0.4) is 0 Å². The maximum absolute atomic E-state index is 12.9. The zero-order valence-electron chi connectivity index (χ0n) is 16.6. The van der Waals surface area contributed by atoms with E-state index in [4.69, 9.17) is 5.26 Å². The molecule has 0 spiro atoms. The molecule has 7 heteroatoms. The van der Waals surface area contributed by atoms with Gasteiger partial charge >= 0.3 is 0 Å². The van der Waals surface area contributed by atoms with E-state index >= 15 is 0 Å². The van der Waals surface area contributed by atoms with E-state index in [0.717, 1.165) is 22.9 Å². The summed E-state index contributed by atoms with van der Waals surface area (Å²) in [6.45, 7) is 5.63. The van der Waals surface area contributed by atoms with Crippen LogP contribution in [0.5, 0.6) is 0 Å². The number of aryl methyl sites for hydroxylation is 2. The van der Waals surface area contributed by atoms with Crippen LogP contribution in [-0.4, -0.2) is 26.6 Å². The van der Waals surface area contributed by atoms with Crippen LogP contribution >= 0.6 is 0 Å². The standard InChI is InChI=1S/C21H25N3O3S/c1-5-20(21(25)23-18-9-7-17(8-10-18)12-13-22)24(28(4,26)27)19-11-6-15(2)16(3)14-19/h6-11,14,20H,5,12H2,1-4H3,(H,23,25). The molecule has 0 saturated heterocycles. The highest BCUT2D eigenvalue weighted by Crippen LogP contribution is 2.25. The van der Waals surface area contributed by atoms with Crippen molar-refractivity contribution >= 4 is 27.3 Å². The SMILES string of the molecule is CCC(C(=O)Nc1ccc(CC#N)cc1)N(c1ccc(C)c(C)c1)S(C)(=O)=O. The van der Waals surface area contributed by atoms with Crippen molar-refractivity contribution in [1.29, 1.82) is 5.26 Å². The van der Waals surface area contributed by atoms with Crippen molar-refractivity contribution in [3.63, 3.8) is 0 Å². The molecular weight excluding hydrogens is 374 g/mol. The van der Waals surface area contributed by atoms with Gasteiger partial charge < -0.3 is 5.32 Å². The lowest BCUT2D eigenvalue weighted by Crippen LogP contribution is -2.47. The fraction of sp³-hybridized carbons (Fsp3) is 0.333. The Morgan fingerprint density at radius 1 is 1.14 bits per heavy atom. The smallest absolute Gasteiger partial charge is 0.248 e. The van der Waals surface area contributed by atoms with E-state index in [1.54, 1.807) is 43.3 Å². The third-order valence-corrected chi connectivity index (χ3v) is 5.76. The van der Waals surface area contributed by atoms with Crippen LogP contribution in [0.25, 0.3) is 0 Å². The summed E-state index contributed by atoms with van der Waals surface area (Å²) in [4.78, 5) is 12.9. The first-order valence-corrected chi connectivity index (χ1v) is 10.9. The molecule has 0 aliphatic carbocycles. The van der Waals surface area contributed by atoms with Gasteiger partial charge in [-0.2, -0.15) is 5.26 Å². The van der Waals surface area contributed by atoms with Gasteiger partial charge in [-0.1, -0.05) is 25.1 Å². The van der Waals surface area contributed by atoms with Gasteiger partial charge in [-0.25, -0.2) is 8.42 Å². The van der Waals surface area contributed by atoms with Crippen molar-refractivity contribution in [2.75, 3.05) is 15.9 Å². The van der Waals surface area contributed by atoms with Gasteiger partial charge in [0.05, 0.1) is 24.4 Å². The topological polar surface area (TPSA) is 90.3 Å². The summed E-state index contributed by atoms with van der Waals surface area (Å²) in [6.07, 6.45) is 1.72. The minimum atomic E-state index is -3.67. The van der Waals surface area contributed by atoms with Gasteiger partial charge in [-0.3, -0.25) is 9.10 Å². The maximum atomic E-state index is 12.9. The molecule has 2 aromatic carbocycles. The number of carbonyl (C=O) groups is 1. The van der Waals surface area contributed by atoms with Crippen molar-refractivity contribution < 1.29 is 13.2 Å². The number of benzene rings is 2. The number of hydrogen-bond acceptors (Lipinski definition) is 4. The van der Waals surface area contributed by atoms with Crippen LogP contribution in [-0.2, 0) is 21.2 Å². The van der Waals surface area contributed by atoms with Crippen molar-refractivity contribution in [2.45, 2.75) is 39.7 Å². The van der Waals surface area contributed by atoms with E-state index < -0.39 is 22.0 Å². The number of amides is 1. The predicted molar refractivity (Wildman–Crippen MR) is 112 cm³/mol. The molecule has 1 atom stereocenters. The first kappa shape index (κ1) is 21.5. The van der Waals surface area contributed by atoms with Gasteiger partial charge in [0.1, 0.15) is 6.04 Å². The van der Waals surface area contributed by atoms with Gasteiger partial charge in [0, 0.05) is 5.69 Å². The fourth-order valence-corrected chi connectivity index (χ4v) is 4.15. The Kier molecular flexibility index (Phi) is 6.81. The molecule has 1 N–H and O–H groups in total. The summed E-state index contributed by atoms with van der Waals surface area (Å²) in [5.41, 5.74) is 3.87. The molecule has 1 unspecified atom stereocenters. The molecule has 0 radical (unpaired) electrons. The summed E-state index contributed by atoms with van der Waals surface area (Å²) in [5.74, 6) is -0.404. The van der Waals surface area contributed by atoms with Gasteiger partial charge in [0.25, 0.3) is 0 Å². The third kappa shape index (κ3) is 5.11. The molecule has 0 aliphatic heterocycles. The number of rotatable bonds is 7. The average molecular weight is 400 g/mol. The number of nitrogens with one attached hydrogen (secondary N) is 1. The molecule has 0 fully saturated rings. The average Bonchev–Trinajstić information content (AvgIpc) is 2.63. The number of nitriles is 1. The van der Waals surface area contributed by atoms with E-state index in [0.29, 0.717) is 24.2 Å². The monoisotopic (exact) mass is 399 g/mol. The number of sulfonamides is 1. The van der Waals surface area contributed by atoms with E-state index in [-0.39, 0.29) is 0 Å².